The van der Waals surface area contributed by atoms with Gasteiger partial charge in [0.25, 0.3) is 5.91 Å². The molecule has 0 radical (unpaired) electrons. The molecule has 5 nitrogen and oxygen atoms in total. The number of benzene rings is 1. The lowest BCUT2D eigenvalue weighted by Gasteiger charge is -2.22. The maximum Gasteiger partial charge on any atom is 0.328 e. The minimum absolute atomic E-state index is 0.0714. The van der Waals surface area contributed by atoms with E-state index >= 15 is 0 Å². The molecule has 0 bridgehead atoms. The number of nitrogens with one attached hydrogen (secondary N) is 1. The maximum atomic E-state index is 12.5. The highest BCUT2D eigenvalue weighted by molar-refractivity contribution is 5.99. The van der Waals surface area contributed by atoms with E-state index in [1.54, 1.807) is 24.3 Å². The Labute approximate surface area is 138 Å². The summed E-state index contributed by atoms with van der Waals surface area (Å²) in [6.07, 6.45) is 0. The van der Waals surface area contributed by atoms with Crippen molar-refractivity contribution in [1.82, 2.24) is 5.32 Å². The molecule has 1 N–H and O–H groups in total. The van der Waals surface area contributed by atoms with Gasteiger partial charge in [-0.1, -0.05) is 39.8 Å². The van der Waals surface area contributed by atoms with Gasteiger partial charge in [0.2, 0.25) is 0 Å². The fraction of sp³-hybridized carbons (Fsp3) is 0.556. The van der Waals surface area contributed by atoms with Gasteiger partial charge < -0.3 is 14.8 Å². The summed E-state index contributed by atoms with van der Waals surface area (Å²) >= 11 is 0. The van der Waals surface area contributed by atoms with Crippen LogP contribution in [0.2, 0.25) is 0 Å². The third-order valence-corrected chi connectivity index (χ3v) is 3.20. The Morgan fingerprint density at radius 3 is 2.35 bits per heavy atom. The minimum Gasteiger partial charge on any atom is -0.493 e. The Morgan fingerprint density at radius 2 is 1.78 bits per heavy atom. The maximum absolute atomic E-state index is 12.5. The fourth-order valence-electron chi connectivity index (χ4n) is 1.99. The molecule has 0 saturated heterocycles. The fourth-order valence-corrected chi connectivity index (χ4v) is 1.99. The van der Waals surface area contributed by atoms with E-state index in [0.717, 1.165) is 0 Å². The van der Waals surface area contributed by atoms with Gasteiger partial charge in [-0.15, -0.1) is 0 Å². The van der Waals surface area contributed by atoms with Gasteiger partial charge in [0, 0.05) is 0 Å². The molecule has 0 unspecified atom stereocenters. The first-order valence-electron chi connectivity index (χ1n) is 8.06. The first kappa shape index (κ1) is 19.0. The summed E-state index contributed by atoms with van der Waals surface area (Å²) in [6, 6.07) is 6.30. The normalized spacial score (nSPS) is 12.1. The number of para-hydroxylation sites is 1. The smallest absolute Gasteiger partial charge is 0.328 e. The highest BCUT2D eigenvalue weighted by atomic mass is 16.5. The van der Waals surface area contributed by atoms with Crippen LogP contribution in [0.3, 0.4) is 0 Å². The molecule has 0 aromatic heterocycles. The molecule has 1 amide bonds. The highest BCUT2D eigenvalue weighted by Crippen LogP contribution is 2.18. The van der Waals surface area contributed by atoms with E-state index in [9.17, 15) is 9.59 Å². The monoisotopic (exact) mass is 321 g/mol. The number of ether oxygens (including phenoxy) is 2. The lowest BCUT2D eigenvalue weighted by atomic mass is 10.0. The summed E-state index contributed by atoms with van der Waals surface area (Å²) in [4.78, 5) is 24.7. The molecule has 0 spiro atoms. The van der Waals surface area contributed by atoms with Crippen molar-refractivity contribution in [3.05, 3.63) is 29.8 Å². The Bertz CT molecular complexity index is 526. The van der Waals surface area contributed by atoms with E-state index in [-0.39, 0.29) is 17.7 Å². The van der Waals surface area contributed by atoms with Gasteiger partial charge >= 0.3 is 5.97 Å². The molecular formula is C18H27NO4. The quantitative estimate of drug-likeness (QED) is 0.748. The molecular weight excluding hydrogens is 294 g/mol. The van der Waals surface area contributed by atoms with E-state index in [0.29, 0.717) is 24.5 Å². The molecule has 23 heavy (non-hydrogen) atoms. The van der Waals surface area contributed by atoms with Crippen molar-refractivity contribution in [3.8, 4) is 5.75 Å². The predicted molar refractivity (Wildman–Crippen MR) is 89.5 cm³/mol. The average molecular weight is 321 g/mol. The number of esters is 1. The zero-order chi connectivity index (χ0) is 17.4. The second-order valence-electron chi connectivity index (χ2n) is 6.15. The number of carbonyl (C=O) groups is 2. The van der Waals surface area contributed by atoms with Crippen LogP contribution in [0, 0.1) is 11.8 Å². The molecule has 1 atom stereocenters. The van der Waals surface area contributed by atoms with Crippen molar-refractivity contribution in [2.45, 2.75) is 40.7 Å². The third kappa shape index (κ3) is 5.93. The van der Waals surface area contributed by atoms with Crippen molar-refractivity contribution in [2.75, 3.05) is 13.2 Å². The topological polar surface area (TPSA) is 64.6 Å². The van der Waals surface area contributed by atoms with E-state index in [2.05, 4.69) is 5.32 Å². The van der Waals surface area contributed by atoms with E-state index in [1.165, 1.54) is 0 Å². The molecule has 0 fully saturated rings. The lowest BCUT2D eigenvalue weighted by molar-refractivity contribution is -0.148. The molecule has 0 aliphatic heterocycles. The third-order valence-electron chi connectivity index (χ3n) is 3.20. The molecule has 1 aromatic rings. The molecule has 128 valence electrons. The second kappa shape index (κ2) is 9.18. The van der Waals surface area contributed by atoms with Crippen LogP contribution in [-0.4, -0.2) is 31.1 Å². The molecule has 0 aliphatic rings. The van der Waals surface area contributed by atoms with Crippen molar-refractivity contribution in [1.29, 1.82) is 0 Å². The summed E-state index contributed by atoms with van der Waals surface area (Å²) in [7, 11) is 0. The van der Waals surface area contributed by atoms with Crippen LogP contribution in [0.5, 0.6) is 5.75 Å². The predicted octanol–water partition coefficient (Wildman–Crippen LogP) is 3.04. The van der Waals surface area contributed by atoms with Crippen LogP contribution in [0.25, 0.3) is 0 Å². The summed E-state index contributed by atoms with van der Waals surface area (Å²) in [6.45, 7) is 10.3. The van der Waals surface area contributed by atoms with Crippen molar-refractivity contribution >= 4 is 11.9 Å². The van der Waals surface area contributed by atoms with Gasteiger partial charge in [-0.2, -0.15) is 0 Å². The number of carbonyl (C=O) groups excluding carboxylic acids is 2. The van der Waals surface area contributed by atoms with Crippen molar-refractivity contribution < 1.29 is 19.1 Å². The largest absolute Gasteiger partial charge is 0.493 e. The highest BCUT2D eigenvalue weighted by Gasteiger charge is 2.27. The van der Waals surface area contributed by atoms with Crippen LogP contribution >= 0.6 is 0 Å². The van der Waals surface area contributed by atoms with Gasteiger partial charge in [0.05, 0.1) is 18.8 Å². The van der Waals surface area contributed by atoms with E-state index < -0.39 is 12.0 Å². The Hall–Kier alpha value is -2.04. The standard InChI is InChI=1S/C18H27NO4/c1-6-22-15-10-8-7-9-14(15)17(20)19-16(13(4)5)18(21)23-11-12(2)3/h7-10,12-13,16H,6,11H2,1-5H3,(H,19,20)/t16-/m0/s1. The summed E-state index contributed by atoms with van der Waals surface area (Å²) < 4.78 is 10.7. The Kier molecular flexibility index (Phi) is 7.59. The summed E-state index contributed by atoms with van der Waals surface area (Å²) in [5.74, 6) is -0.0604. The molecule has 1 rings (SSSR count). The molecule has 0 saturated carbocycles. The number of hydrogen-bond acceptors (Lipinski definition) is 4. The Morgan fingerprint density at radius 1 is 1.13 bits per heavy atom. The zero-order valence-electron chi connectivity index (χ0n) is 14.6. The molecule has 0 heterocycles. The molecule has 1 aromatic carbocycles. The van der Waals surface area contributed by atoms with Crippen LogP contribution in [0.1, 0.15) is 45.0 Å². The minimum atomic E-state index is -0.684. The SMILES string of the molecule is CCOc1ccccc1C(=O)N[C@H](C(=O)OCC(C)C)C(C)C. The van der Waals surface area contributed by atoms with Gasteiger partial charge in [0.15, 0.2) is 0 Å². The van der Waals surface area contributed by atoms with Gasteiger partial charge in [-0.3, -0.25) is 4.79 Å². The average Bonchev–Trinajstić information content (AvgIpc) is 2.50. The van der Waals surface area contributed by atoms with Gasteiger partial charge in [-0.05, 0) is 30.9 Å². The van der Waals surface area contributed by atoms with Crippen molar-refractivity contribution in [3.63, 3.8) is 0 Å². The van der Waals surface area contributed by atoms with E-state index in [1.807, 2.05) is 34.6 Å². The van der Waals surface area contributed by atoms with Crippen LogP contribution in [-0.2, 0) is 9.53 Å². The van der Waals surface area contributed by atoms with Crippen molar-refractivity contribution in [2.24, 2.45) is 11.8 Å². The number of rotatable bonds is 8. The Balaban J connectivity index is 2.84. The first-order chi connectivity index (χ1) is 10.9. The second-order valence-corrected chi connectivity index (χ2v) is 6.15. The molecule has 0 aliphatic carbocycles. The summed E-state index contributed by atoms with van der Waals surface area (Å²) in [5.41, 5.74) is 0.414. The zero-order valence-corrected chi connectivity index (χ0v) is 14.6. The van der Waals surface area contributed by atoms with Gasteiger partial charge in [-0.25, -0.2) is 4.79 Å². The summed E-state index contributed by atoms with van der Waals surface area (Å²) in [5, 5.41) is 2.76. The number of amides is 1. The van der Waals surface area contributed by atoms with E-state index in [4.69, 9.17) is 9.47 Å². The van der Waals surface area contributed by atoms with Crippen LogP contribution in [0.4, 0.5) is 0 Å². The first-order valence-corrected chi connectivity index (χ1v) is 8.06. The lowest BCUT2D eigenvalue weighted by Crippen LogP contribution is -2.45. The van der Waals surface area contributed by atoms with Crippen LogP contribution in [0.15, 0.2) is 24.3 Å². The van der Waals surface area contributed by atoms with Crippen LogP contribution < -0.4 is 10.1 Å². The van der Waals surface area contributed by atoms with Gasteiger partial charge in [0.1, 0.15) is 11.8 Å². The molecule has 5 heteroatoms. The number of hydrogen-bond donors (Lipinski definition) is 1.